The van der Waals surface area contributed by atoms with Crippen molar-refractivity contribution in [3.8, 4) is 5.75 Å². The number of hydrogen-bond donors (Lipinski definition) is 1. The lowest BCUT2D eigenvalue weighted by atomic mass is 9.86. The van der Waals surface area contributed by atoms with Crippen molar-refractivity contribution in [1.29, 1.82) is 0 Å². The van der Waals surface area contributed by atoms with Crippen LogP contribution in [0.15, 0.2) is 42.5 Å². The van der Waals surface area contributed by atoms with Crippen LogP contribution in [0.5, 0.6) is 5.75 Å². The van der Waals surface area contributed by atoms with E-state index >= 15 is 0 Å². The Morgan fingerprint density at radius 2 is 1.79 bits per heavy atom. The molecule has 2 aliphatic heterocycles. The maximum absolute atomic E-state index is 14.8. The normalized spacial score (nSPS) is 17.3. The first-order valence-electron chi connectivity index (χ1n) is 9.34. The highest BCUT2D eigenvalue weighted by atomic mass is 19.3. The van der Waals surface area contributed by atoms with Gasteiger partial charge in [-0.1, -0.05) is 12.1 Å². The molecule has 0 saturated carbocycles. The van der Waals surface area contributed by atoms with E-state index in [1.54, 1.807) is 12.1 Å². The van der Waals surface area contributed by atoms with E-state index < -0.39 is 17.7 Å². The highest BCUT2D eigenvalue weighted by molar-refractivity contribution is 5.99. The molecule has 0 aromatic heterocycles. The second kappa shape index (κ2) is 7.42. The van der Waals surface area contributed by atoms with Crippen molar-refractivity contribution in [2.45, 2.75) is 18.8 Å². The van der Waals surface area contributed by atoms with Crippen LogP contribution in [0.3, 0.4) is 0 Å². The van der Waals surface area contributed by atoms with Crippen LogP contribution in [0.25, 0.3) is 0 Å². The third-order valence-corrected chi connectivity index (χ3v) is 5.38. The summed E-state index contributed by atoms with van der Waals surface area (Å²) in [6.07, 6.45) is 0.280. The van der Waals surface area contributed by atoms with Gasteiger partial charge < -0.3 is 15.0 Å². The lowest BCUT2D eigenvalue weighted by Crippen LogP contribution is -2.42. The third-order valence-electron chi connectivity index (χ3n) is 5.38. The molecule has 152 valence electrons. The molecule has 1 N–H and O–H groups in total. The first kappa shape index (κ1) is 19.3. The average Bonchev–Trinajstić information content (AvgIpc) is 2.73. The number of halogens is 3. The lowest BCUT2D eigenvalue weighted by Gasteiger charge is -2.36. The Morgan fingerprint density at radius 3 is 2.48 bits per heavy atom. The van der Waals surface area contributed by atoms with Crippen LogP contribution in [0.4, 0.5) is 18.9 Å². The van der Waals surface area contributed by atoms with Crippen molar-refractivity contribution in [3.63, 3.8) is 0 Å². The van der Waals surface area contributed by atoms with Crippen LogP contribution in [-0.2, 0) is 10.7 Å². The van der Waals surface area contributed by atoms with Crippen molar-refractivity contribution >= 4 is 17.5 Å². The van der Waals surface area contributed by atoms with E-state index in [0.717, 1.165) is 24.3 Å². The Balaban J connectivity index is 1.43. The predicted molar refractivity (Wildman–Crippen MR) is 99.5 cm³/mol. The lowest BCUT2D eigenvalue weighted by molar-refractivity contribution is -0.118. The summed E-state index contributed by atoms with van der Waals surface area (Å²) in [4.78, 5) is 25.8. The number of nitrogens with one attached hydrogen (secondary N) is 1. The molecule has 29 heavy (non-hydrogen) atoms. The van der Waals surface area contributed by atoms with Gasteiger partial charge in [0, 0.05) is 30.1 Å². The first-order valence-corrected chi connectivity index (χ1v) is 9.34. The molecule has 2 heterocycles. The Morgan fingerprint density at radius 1 is 1.10 bits per heavy atom. The molecule has 0 atom stereocenters. The van der Waals surface area contributed by atoms with Crippen LogP contribution in [0.2, 0.25) is 0 Å². The largest absolute Gasteiger partial charge is 0.482 e. The molecule has 1 saturated heterocycles. The number of rotatable bonds is 3. The minimum Gasteiger partial charge on any atom is -0.482 e. The van der Waals surface area contributed by atoms with Crippen molar-refractivity contribution in [3.05, 3.63) is 59.4 Å². The highest BCUT2D eigenvalue weighted by Crippen LogP contribution is 2.41. The summed E-state index contributed by atoms with van der Waals surface area (Å²) in [5, 5.41) is 2.65. The van der Waals surface area contributed by atoms with Gasteiger partial charge in [0.2, 0.25) is 0 Å². The van der Waals surface area contributed by atoms with E-state index in [1.165, 1.54) is 11.0 Å². The van der Waals surface area contributed by atoms with Gasteiger partial charge in [0.1, 0.15) is 11.6 Å². The minimum atomic E-state index is -3.09. The summed E-state index contributed by atoms with van der Waals surface area (Å²) in [5.74, 6) is -4.67. The summed E-state index contributed by atoms with van der Waals surface area (Å²) >= 11 is 0. The standard InChI is InChI=1S/C21H19F3N2O3/c22-16-4-2-14(3-5-16)21(23,24)15-7-9-26(10-8-15)20(28)13-1-6-18-17(11-13)25-19(27)12-29-18/h1-6,11,15H,7-10,12H2,(H,25,27). The fraction of sp³-hybridized carbons (Fsp3) is 0.333. The molecule has 8 heteroatoms. The number of ether oxygens (including phenoxy) is 1. The summed E-state index contributed by atoms with van der Waals surface area (Å²) in [6, 6.07) is 9.01. The minimum absolute atomic E-state index is 0.0733. The molecule has 2 aliphatic rings. The number of carbonyl (C=O) groups is 2. The molecule has 4 rings (SSSR count). The van der Waals surface area contributed by atoms with Gasteiger partial charge in [0.05, 0.1) is 5.69 Å². The number of hydrogen-bond acceptors (Lipinski definition) is 3. The van der Waals surface area contributed by atoms with Gasteiger partial charge in [-0.05, 0) is 43.2 Å². The molecule has 2 aromatic rings. The summed E-state index contributed by atoms with van der Waals surface area (Å²) in [7, 11) is 0. The maximum atomic E-state index is 14.8. The Bertz CT molecular complexity index is 939. The van der Waals surface area contributed by atoms with Gasteiger partial charge in [-0.3, -0.25) is 9.59 Å². The number of nitrogens with zero attached hydrogens (tertiary/aromatic N) is 1. The number of anilines is 1. The number of likely N-dealkylation sites (tertiary alicyclic amines) is 1. The second-order valence-corrected chi connectivity index (χ2v) is 7.24. The van der Waals surface area contributed by atoms with Gasteiger partial charge in [-0.15, -0.1) is 0 Å². The Hall–Kier alpha value is -3.03. The van der Waals surface area contributed by atoms with Crippen LogP contribution >= 0.6 is 0 Å². The van der Waals surface area contributed by atoms with Crippen LogP contribution in [-0.4, -0.2) is 36.4 Å². The van der Waals surface area contributed by atoms with E-state index in [1.807, 2.05) is 0 Å². The third kappa shape index (κ3) is 3.79. The molecule has 5 nitrogen and oxygen atoms in total. The number of carbonyl (C=O) groups excluding carboxylic acids is 2. The van der Waals surface area contributed by atoms with Gasteiger partial charge in [0.25, 0.3) is 17.7 Å². The quantitative estimate of drug-likeness (QED) is 0.847. The van der Waals surface area contributed by atoms with E-state index in [4.69, 9.17) is 4.74 Å². The number of fused-ring (bicyclic) bond motifs is 1. The SMILES string of the molecule is O=C1COc2ccc(C(=O)N3CCC(C(F)(F)c4ccc(F)cc4)CC3)cc2N1. The number of amides is 2. The van der Waals surface area contributed by atoms with Crippen LogP contribution < -0.4 is 10.1 Å². The fourth-order valence-electron chi connectivity index (χ4n) is 3.75. The molecule has 2 aromatic carbocycles. The molecule has 0 spiro atoms. The smallest absolute Gasteiger partial charge is 0.276 e. The zero-order valence-electron chi connectivity index (χ0n) is 15.5. The summed E-state index contributed by atoms with van der Waals surface area (Å²) in [6.45, 7) is 0.316. The van der Waals surface area contributed by atoms with Crippen molar-refractivity contribution in [2.75, 3.05) is 25.0 Å². The molecular formula is C21H19F3N2O3. The van der Waals surface area contributed by atoms with Crippen LogP contribution in [0, 0.1) is 11.7 Å². The van der Waals surface area contributed by atoms with Crippen molar-refractivity contribution in [2.24, 2.45) is 5.92 Å². The summed E-state index contributed by atoms with van der Waals surface area (Å²) in [5.41, 5.74) is 0.567. The number of benzene rings is 2. The van der Waals surface area contributed by atoms with E-state index in [9.17, 15) is 22.8 Å². The zero-order chi connectivity index (χ0) is 20.6. The maximum Gasteiger partial charge on any atom is 0.276 e. The summed E-state index contributed by atoms with van der Waals surface area (Å²) < 4.78 is 47.8. The molecule has 0 aliphatic carbocycles. The second-order valence-electron chi connectivity index (χ2n) is 7.24. The van der Waals surface area contributed by atoms with Crippen molar-refractivity contribution < 1.29 is 27.5 Å². The van der Waals surface area contributed by atoms with E-state index in [2.05, 4.69) is 5.32 Å². The van der Waals surface area contributed by atoms with Gasteiger partial charge >= 0.3 is 0 Å². The number of alkyl halides is 2. The Labute approximate surface area is 165 Å². The van der Waals surface area contributed by atoms with Gasteiger partial charge in [0.15, 0.2) is 6.61 Å². The highest BCUT2D eigenvalue weighted by Gasteiger charge is 2.43. The Kier molecular flexibility index (Phi) is 4.94. The van der Waals surface area contributed by atoms with E-state index in [-0.39, 0.29) is 49.9 Å². The first-order chi connectivity index (χ1) is 13.8. The topological polar surface area (TPSA) is 58.6 Å². The molecule has 1 fully saturated rings. The van der Waals surface area contributed by atoms with Crippen molar-refractivity contribution in [1.82, 2.24) is 4.90 Å². The van der Waals surface area contributed by atoms with Crippen LogP contribution in [0.1, 0.15) is 28.8 Å². The predicted octanol–water partition coefficient (Wildman–Crippen LogP) is 3.80. The number of piperidine rings is 1. The molecule has 2 amide bonds. The average molecular weight is 404 g/mol. The molecular weight excluding hydrogens is 385 g/mol. The molecule has 0 radical (unpaired) electrons. The molecule has 0 bridgehead atoms. The van der Waals surface area contributed by atoms with Gasteiger partial charge in [-0.2, -0.15) is 0 Å². The van der Waals surface area contributed by atoms with E-state index in [0.29, 0.717) is 17.0 Å². The molecule has 0 unspecified atom stereocenters. The van der Waals surface area contributed by atoms with Gasteiger partial charge in [-0.25, -0.2) is 13.2 Å². The fourth-order valence-corrected chi connectivity index (χ4v) is 3.75. The monoisotopic (exact) mass is 404 g/mol. The zero-order valence-corrected chi connectivity index (χ0v) is 15.5.